The summed E-state index contributed by atoms with van der Waals surface area (Å²) in [6, 6.07) is 11.8. The number of hydrogen-bond donors (Lipinski definition) is 1. The van der Waals surface area contributed by atoms with Gasteiger partial charge < -0.3 is 15.1 Å². The van der Waals surface area contributed by atoms with Crippen LogP contribution in [0.5, 0.6) is 0 Å². The molecule has 2 saturated heterocycles. The Morgan fingerprint density at radius 2 is 1.84 bits per heavy atom. The minimum Gasteiger partial charge on any atom is -0.366 e. The van der Waals surface area contributed by atoms with E-state index in [1.54, 1.807) is 35.2 Å². The minimum absolute atomic E-state index is 0.0255. The molecule has 8 heteroatoms. The highest BCUT2D eigenvalue weighted by atomic mass is 16.6. The van der Waals surface area contributed by atoms with Crippen LogP contribution in [0.2, 0.25) is 0 Å². The minimum atomic E-state index is -0.444. The average Bonchev–Trinajstić information content (AvgIpc) is 3.20. The van der Waals surface area contributed by atoms with Crippen molar-refractivity contribution in [2.45, 2.75) is 32.6 Å². The molecule has 0 aliphatic carbocycles. The fourth-order valence-corrected chi connectivity index (χ4v) is 4.24. The molecule has 31 heavy (non-hydrogen) atoms. The number of anilines is 3. The topological polar surface area (TPSA) is 95.8 Å². The molecule has 0 aromatic heterocycles. The molecule has 0 atom stereocenters. The summed E-state index contributed by atoms with van der Waals surface area (Å²) in [6.45, 7) is 4.34. The quantitative estimate of drug-likeness (QED) is 0.575. The van der Waals surface area contributed by atoms with Gasteiger partial charge in [-0.15, -0.1) is 0 Å². The summed E-state index contributed by atoms with van der Waals surface area (Å²) in [5.41, 5.74) is 1.86. The summed E-state index contributed by atoms with van der Waals surface area (Å²) in [5, 5.41) is 14.6. The summed E-state index contributed by atoms with van der Waals surface area (Å²) < 4.78 is 0. The van der Waals surface area contributed by atoms with Gasteiger partial charge in [0, 0.05) is 37.7 Å². The third kappa shape index (κ3) is 4.38. The molecule has 8 nitrogen and oxygen atoms in total. The highest BCUT2D eigenvalue weighted by Gasteiger charge is 2.26. The second-order valence-corrected chi connectivity index (χ2v) is 8.25. The van der Waals surface area contributed by atoms with Crippen molar-refractivity contribution in [1.82, 2.24) is 0 Å². The Hall–Kier alpha value is -3.42. The summed E-state index contributed by atoms with van der Waals surface area (Å²) in [7, 11) is 0. The number of nitrogens with one attached hydrogen (secondary N) is 1. The lowest BCUT2D eigenvalue weighted by Crippen LogP contribution is -2.33. The number of piperidine rings is 1. The van der Waals surface area contributed by atoms with Gasteiger partial charge in [0.25, 0.3) is 11.6 Å². The summed E-state index contributed by atoms with van der Waals surface area (Å²) in [5.74, 6) is 0.196. The average molecular weight is 422 g/mol. The van der Waals surface area contributed by atoms with E-state index in [1.165, 1.54) is 6.07 Å². The van der Waals surface area contributed by atoms with Gasteiger partial charge in [-0.1, -0.05) is 19.1 Å². The van der Waals surface area contributed by atoms with E-state index in [-0.39, 0.29) is 17.2 Å². The van der Waals surface area contributed by atoms with Crippen LogP contribution in [0.3, 0.4) is 0 Å². The van der Waals surface area contributed by atoms with Gasteiger partial charge in [0.15, 0.2) is 0 Å². The smallest absolute Gasteiger partial charge is 0.293 e. The van der Waals surface area contributed by atoms with E-state index in [9.17, 15) is 19.7 Å². The van der Waals surface area contributed by atoms with E-state index in [0.29, 0.717) is 35.9 Å². The summed E-state index contributed by atoms with van der Waals surface area (Å²) >= 11 is 0. The molecule has 162 valence electrons. The van der Waals surface area contributed by atoms with Crippen LogP contribution in [0.25, 0.3) is 0 Å². The van der Waals surface area contributed by atoms with Crippen LogP contribution in [-0.2, 0) is 4.79 Å². The normalized spacial score (nSPS) is 17.1. The van der Waals surface area contributed by atoms with Crippen molar-refractivity contribution in [2.24, 2.45) is 5.92 Å². The predicted molar refractivity (Wildman–Crippen MR) is 120 cm³/mol. The lowest BCUT2D eigenvalue weighted by atomic mass is 9.98. The number of rotatable bonds is 5. The van der Waals surface area contributed by atoms with Gasteiger partial charge in [-0.2, -0.15) is 0 Å². The molecular formula is C23H26N4O4. The van der Waals surface area contributed by atoms with Crippen LogP contribution in [0.15, 0.2) is 42.5 Å². The fraction of sp³-hybridized carbons (Fsp3) is 0.391. The first kappa shape index (κ1) is 20.8. The standard InChI is InChI=1S/C23H26N4O4/c1-16-10-13-25(14-11-16)20-9-8-17(15-21(20)27(30)31)23(29)24-18-5-2-3-6-19(18)26-12-4-7-22(26)28/h2-3,5-6,8-9,15-16H,4,7,10-14H2,1H3,(H,24,29). The van der Waals surface area contributed by atoms with Crippen molar-refractivity contribution in [1.29, 1.82) is 0 Å². The van der Waals surface area contributed by atoms with E-state index in [2.05, 4.69) is 12.2 Å². The van der Waals surface area contributed by atoms with Crippen LogP contribution in [0, 0.1) is 16.0 Å². The van der Waals surface area contributed by atoms with Crippen LogP contribution in [0.4, 0.5) is 22.7 Å². The highest BCUT2D eigenvalue weighted by Crippen LogP contribution is 2.33. The fourth-order valence-electron chi connectivity index (χ4n) is 4.24. The third-order valence-corrected chi connectivity index (χ3v) is 6.08. The Morgan fingerprint density at radius 1 is 1.10 bits per heavy atom. The van der Waals surface area contributed by atoms with Crippen LogP contribution in [0.1, 0.15) is 43.0 Å². The number of nitro benzene ring substituents is 1. The Kier molecular flexibility index (Phi) is 5.88. The number of carbonyl (C=O) groups excluding carboxylic acids is 2. The maximum Gasteiger partial charge on any atom is 0.293 e. The molecule has 0 bridgehead atoms. The molecule has 2 fully saturated rings. The van der Waals surface area contributed by atoms with E-state index < -0.39 is 10.8 Å². The van der Waals surface area contributed by atoms with Gasteiger partial charge in [0.1, 0.15) is 5.69 Å². The first-order valence-electron chi connectivity index (χ1n) is 10.7. The second-order valence-electron chi connectivity index (χ2n) is 8.25. The van der Waals surface area contributed by atoms with E-state index in [4.69, 9.17) is 0 Å². The Labute approximate surface area is 181 Å². The molecule has 2 amide bonds. The molecule has 2 aromatic carbocycles. The number of para-hydroxylation sites is 2. The number of nitrogens with zero attached hydrogens (tertiary/aromatic N) is 3. The molecule has 2 aliphatic rings. The molecule has 0 radical (unpaired) electrons. The molecule has 0 unspecified atom stereocenters. The summed E-state index contributed by atoms with van der Waals surface area (Å²) in [6.07, 6.45) is 3.26. The van der Waals surface area contributed by atoms with Gasteiger partial charge >= 0.3 is 0 Å². The Bertz CT molecular complexity index is 1010. The number of benzene rings is 2. The summed E-state index contributed by atoms with van der Waals surface area (Å²) in [4.78, 5) is 40.0. The van der Waals surface area contributed by atoms with Crippen molar-refractivity contribution in [3.05, 3.63) is 58.1 Å². The molecule has 2 aliphatic heterocycles. The van der Waals surface area contributed by atoms with Crippen molar-refractivity contribution >= 4 is 34.6 Å². The van der Waals surface area contributed by atoms with Crippen molar-refractivity contribution in [3.8, 4) is 0 Å². The Balaban J connectivity index is 1.58. The molecule has 2 aromatic rings. The van der Waals surface area contributed by atoms with Crippen LogP contribution >= 0.6 is 0 Å². The van der Waals surface area contributed by atoms with Crippen molar-refractivity contribution < 1.29 is 14.5 Å². The number of hydrogen-bond acceptors (Lipinski definition) is 5. The second kappa shape index (κ2) is 8.75. The molecule has 2 heterocycles. The zero-order valence-electron chi connectivity index (χ0n) is 17.5. The van der Waals surface area contributed by atoms with Crippen LogP contribution in [-0.4, -0.2) is 36.4 Å². The van der Waals surface area contributed by atoms with Gasteiger partial charge in [-0.25, -0.2) is 0 Å². The predicted octanol–water partition coefficient (Wildman–Crippen LogP) is 4.21. The first-order chi connectivity index (χ1) is 14.9. The van der Waals surface area contributed by atoms with E-state index >= 15 is 0 Å². The molecule has 4 rings (SSSR count). The third-order valence-electron chi connectivity index (χ3n) is 6.08. The van der Waals surface area contributed by atoms with Crippen LogP contribution < -0.4 is 15.1 Å². The molecule has 1 N–H and O–H groups in total. The maximum absolute atomic E-state index is 12.9. The van der Waals surface area contributed by atoms with Crippen molar-refractivity contribution in [3.63, 3.8) is 0 Å². The molecule has 0 saturated carbocycles. The lowest BCUT2D eigenvalue weighted by molar-refractivity contribution is -0.384. The Morgan fingerprint density at radius 3 is 2.52 bits per heavy atom. The zero-order chi connectivity index (χ0) is 22.0. The largest absolute Gasteiger partial charge is 0.366 e. The SMILES string of the molecule is CC1CCN(c2ccc(C(=O)Nc3ccccc3N3CCCC3=O)cc2[N+](=O)[O-])CC1. The lowest BCUT2D eigenvalue weighted by Gasteiger charge is -2.31. The number of nitro groups is 1. The van der Waals surface area contributed by atoms with E-state index in [0.717, 1.165) is 32.4 Å². The maximum atomic E-state index is 12.9. The van der Waals surface area contributed by atoms with Gasteiger partial charge in [0.2, 0.25) is 5.91 Å². The monoisotopic (exact) mass is 422 g/mol. The van der Waals surface area contributed by atoms with Gasteiger partial charge in [0.05, 0.1) is 16.3 Å². The highest BCUT2D eigenvalue weighted by molar-refractivity contribution is 6.08. The molecular weight excluding hydrogens is 396 g/mol. The zero-order valence-corrected chi connectivity index (χ0v) is 17.5. The molecule has 0 spiro atoms. The number of amides is 2. The van der Waals surface area contributed by atoms with Gasteiger partial charge in [-0.3, -0.25) is 19.7 Å². The first-order valence-corrected chi connectivity index (χ1v) is 10.7. The number of carbonyl (C=O) groups is 2. The van der Waals surface area contributed by atoms with Crippen molar-refractivity contribution in [2.75, 3.05) is 34.8 Å². The van der Waals surface area contributed by atoms with Gasteiger partial charge in [-0.05, 0) is 49.4 Å². The van der Waals surface area contributed by atoms with E-state index in [1.807, 2.05) is 11.0 Å².